The molecule has 0 fully saturated rings. The molecule has 0 unspecified atom stereocenters. The van der Waals surface area contributed by atoms with Crippen molar-refractivity contribution in [3.8, 4) is 5.75 Å². The number of pyridine rings is 1. The molecule has 8 nitrogen and oxygen atoms in total. The third-order valence-electron chi connectivity index (χ3n) is 3.50. The molecule has 0 saturated carbocycles. The van der Waals surface area contributed by atoms with Gasteiger partial charge in [-0.3, -0.25) is 9.59 Å². The van der Waals surface area contributed by atoms with E-state index in [0.717, 1.165) is 5.56 Å². The van der Waals surface area contributed by atoms with E-state index in [1.54, 1.807) is 12.1 Å². The lowest BCUT2D eigenvalue weighted by Gasteiger charge is -2.12. The first kappa shape index (κ1) is 16.4. The molecule has 0 bridgehead atoms. The first-order valence-corrected chi connectivity index (χ1v) is 7.54. The molecule has 0 aliphatic heterocycles. The third-order valence-corrected chi connectivity index (χ3v) is 3.50. The lowest BCUT2D eigenvalue weighted by Crippen LogP contribution is -2.32. The van der Waals surface area contributed by atoms with Gasteiger partial charge < -0.3 is 14.8 Å². The number of hydrogen-bond acceptors (Lipinski definition) is 6. The summed E-state index contributed by atoms with van der Waals surface area (Å²) in [5.41, 5.74) is 1.76. The number of methoxy groups -OCH3 is 1. The first-order chi connectivity index (χ1) is 12.2. The fraction of sp³-hybridized carbons (Fsp3) is 0.176. The molecule has 8 heteroatoms. The van der Waals surface area contributed by atoms with Crippen LogP contribution in [0, 0.1) is 0 Å². The zero-order chi connectivity index (χ0) is 17.6. The number of amides is 1. The summed E-state index contributed by atoms with van der Waals surface area (Å²) in [6, 6.07) is 13.0. The SMILES string of the molecule is COC(=O)CNC(=O)c1c(OCc2ccccc2)ccc2cnnn12. The Hall–Kier alpha value is -3.42. The van der Waals surface area contributed by atoms with Crippen molar-refractivity contribution in [2.45, 2.75) is 6.61 Å². The van der Waals surface area contributed by atoms with Gasteiger partial charge in [0.2, 0.25) is 0 Å². The van der Waals surface area contributed by atoms with Crippen LogP contribution in [-0.4, -0.2) is 40.4 Å². The van der Waals surface area contributed by atoms with Gasteiger partial charge >= 0.3 is 5.97 Å². The molecule has 0 atom stereocenters. The fourth-order valence-electron chi connectivity index (χ4n) is 2.24. The van der Waals surface area contributed by atoms with Gasteiger partial charge in [0.05, 0.1) is 18.8 Å². The number of rotatable bonds is 6. The van der Waals surface area contributed by atoms with Crippen LogP contribution in [-0.2, 0) is 16.1 Å². The Balaban J connectivity index is 1.86. The number of carbonyl (C=O) groups excluding carboxylic acids is 2. The van der Waals surface area contributed by atoms with Gasteiger partial charge in [0.25, 0.3) is 5.91 Å². The van der Waals surface area contributed by atoms with E-state index < -0.39 is 11.9 Å². The number of nitrogens with one attached hydrogen (secondary N) is 1. The van der Waals surface area contributed by atoms with E-state index in [1.165, 1.54) is 17.8 Å². The van der Waals surface area contributed by atoms with Crippen molar-refractivity contribution in [3.05, 3.63) is 59.9 Å². The minimum Gasteiger partial charge on any atom is -0.486 e. The van der Waals surface area contributed by atoms with E-state index in [0.29, 0.717) is 17.9 Å². The lowest BCUT2D eigenvalue weighted by molar-refractivity contribution is -0.139. The molecule has 2 heterocycles. The molecular formula is C17H16N4O4. The maximum absolute atomic E-state index is 12.5. The molecular weight excluding hydrogens is 324 g/mol. The second-order valence-corrected chi connectivity index (χ2v) is 5.15. The van der Waals surface area contributed by atoms with Crippen molar-refractivity contribution in [2.24, 2.45) is 0 Å². The minimum absolute atomic E-state index is 0.162. The van der Waals surface area contributed by atoms with Crippen LogP contribution in [0.5, 0.6) is 5.75 Å². The number of carbonyl (C=O) groups is 2. The summed E-state index contributed by atoms with van der Waals surface area (Å²) in [5, 5.41) is 10.2. The van der Waals surface area contributed by atoms with Crippen LogP contribution in [0.2, 0.25) is 0 Å². The van der Waals surface area contributed by atoms with E-state index in [-0.39, 0.29) is 12.2 Å². The van der Waals surface area contributed by atoms with Crippen LogP contribution in [0.4, 0.5) is 0 Å². The van der Waals surface area contributed by atoms with Gasteiger partial charge in [-0.1, -0.05) is 35.5 Å². The maximum atomic E-state index is 12.5. The van der Waals surface area contributed by atoms with Crippen molar-refractivity contribution in [3.63, 3.8) is 0 Å². The Bertz CT molecular complexity index is 892. The topological polar surface area (TPSA) is 94.8 Å². The quantitative estimate of drug-likeness (QED) is 0.678. The number of esters is 1. The number of nitrogens with zero attached hydrogens (tertiary/aromatic N) is 3. The van der Waals surface area contributed by atoms with Crippen molar-refractivity contribution >= 4 is 17.4 Å². The summed E-state index contributed by atoms with van der Waals surface area (Å²) in [6.45, 7) is 0.0386. The molecule has 0 saturated heterocycles. The highest BCUT2D eigenvalue weighted by Gasteiger charge is 2.19. The highest BCUT2D eigenvalue weighted by molar-refractivity contribution is 5.97. The van der Waals surface area contributed by atoms with Gasteiger partial charge in [0, 0.05) is 0 Å². The molecule has 1 amide bonds. The summed E-state index contributed by atoms with van der Waals surface area (Å²) in [5.74, 6) is -0.723. The molecule has 128 valence electrons. The van der Waals surface area contributed by atoms with Crippen LogP contribution in [0.25, 0.3) is 5.52 Å². The molecule has 2 aromatic heterocycles. The standard InChI is InChI=1S/C17H16N4O4/c1-24-15(22)10-18-17(23)16-14(8-7-13-9-19-20-21(13)16)25-11-12-5-3-2-4-6-12/h2-9H,10-11H2,1H3,(H,18,23). The molecule has 3 rings (SSSR count). The maximum Gasteiger partial charge on any atom is 0.325 e. The molecule has 0 aliphatic carbocycles. The van der Waals surface area contributed by atoms with E-state index >= 15 is 0 Å². The number of aromatic nitrogens is 3. The Kier molecular flexibility index (Phi) is 4.89. The van der Waals surface area contributed by atoms with Gasteiger partial charge in [-0.25, -0.2) is 4.52 Å². The zero-order valence-electron chi connectivity index (χ0n) is 13.5. The molecule has 0 radical (unpaired) electrons. The predicted molar refractivity (Wildman–Crippen MR) is 88.1 cm³/mol. The van der Waals surface area contributed by atoms with Crippen molar-refractivity contribution < 1.29 is 19.1 Å². The lowest BCUT2D eigenvalue weighted by atomic mass is 10.2. The summed E-state index contributed by atoms with van der Waals surface area (Å²) in [7, 11) is 1.25. The molecule has 0 spiro atoms. The average Bonchev–Trinajstić information content (AvgIpc) is 3.13. The largest absolute Gasteiger partial charge is 0.486 e. The van der Waals surface area contributed by atoms with Gasteiger partial charge in [-0.05, 0) is 17.7 Å². The summed E-state index contributed by atoms with van der Waals surface area (Å²) in [4.78, 5) is 23.8. The van der Waals surface area contributed by atoms with E-state index in [9.17, 15) is 9.59 Å². The van der Waals surface area contributed by atoms with Gasteiger partial charge in [0.15, 0.2) is 11.4 Å². The van der Waals surface area contributed by atoms with E-state index in [1.807, 2.05) is 30.3 Å². The molecule has 1 N–H and O–H groups in total. The summed E-state index contributed by atoms with van der Waals surface area (Å²) < 4.78 is 11.7. The average molecular weight is 340 g/mol. The van der Waals surface area contributed by atoms with Crippen LogP contribution in [0.15, 0.2) is 48.7 Å². The molecule has 1 aromatic carbocycles. The van der Waals surface area contributed by atoms with Crippen molar-refractivity contribution in [1.29, 1.82) is 0 Å². The molecule has 0 aliphatic rings. The van der Waals surface area contributed by atoms with E-state index in [2.05, 4.69) is 20.4 Å². The van der Waals surface area contributed by atoms with Crippen LogP contribution >= 0.6 is 0 Å². The minimum atomic E-state index is -0.550. The monoisotopic (exact) mass is 340 g/mol. The van der Waals surface area contributed by atoms with Gasteiger partial charge in [-0.2, -0.15) is 0 Å². The Morgan fingerprint density at radius 1 is 1.16 bits per heavy atom. The van der Waals surface area contributed by atoms with E-state index in [4.69, 9.17) is 4.74 Å². The first-order valence-electron chi connectivity index (χ1n) is 7.54. The Labute approximate surface area is 143 Å². The van der Waals surface area contributed by atoms with Crippen LogP contribution < -0.4 is 10.1 Å². The number of fused-ring (bicyclic) bond motifs is 1. The number of hydrogen-bond donors (Lipinski definition) is 1. The molecule has 3 aromatic rings. The highest BCUT2D eigenvalue weighted by atomic mass is 16.5. The summed E-state index contributed by atoms with van der Waals surface area (Å²) in [6.07, 6.45) is 1.53. The predicted octanol–water partition coefficient (Wildman–Crippen LogP) is 1.21. The second-order valence-electron chi connectivity index (χ2n) is 5.15. The summed E-state index contributed by atoms with van der Waals surface area (Å²) >= 11 is 0. The fourth-order valence-corrected chi connectivity index (χ4v) is 2.24. The third kappa shape index (κ3) is 3.74. The van der Waals surface area contributed by atoms with Crippen molar-refractivity contribution in [2.75, 3.05) is 13.7 Å². The number of benzene rings is 1. The van der Waals surface area contributed by atoms with Crippen molar-refractivity contribution in [1.82, 2.24) is 20.1 Å². The normalized spacial score (nSPS) is 10.4. The second kappa shape index (κ2) is 7.43. The Morgan fingerprint density at radius 2 is 1.96 bits per heavy atom. The zero-order valence-corrected chi connectivity index (χ0v) is 13.5. The Morgan fingerprint density at radius 3 is 2.72 bits per heavy atom. The van der Waals surface area contributed by atoms with Gasteiger partial charge in [-0.15, -0.1) is 5.10 Å². The number of ether oxygens (including phenoxy) is 2. The van der Waals surface area contributed by atoms with Crippen LogP contribution in [0.1, 0.15) is 16.1 Å². The molecule has 25 heavy (non-hydrogen) atoms. The van der Waals surface area contributed by atoms with Crippen LogP contribution in [0.3, 0.4) is 0 Å². The highest BCUT2D eigenvalue weighted by Crippen LogP contribution is 2.21. The smallest absolute Gasteiger partial charge is 0.325 e. The van der Waals surface area contributed by atoms with Gasteiger partial charge in [0.1, 0.15) is 13.2 Å².